The molecule has 9 aromatic carbocycles. The molecule has 9 rings (SSSR count). The van der Waals surface area contributed by atoms with Crippen LogP contribution in [0.25, 0.3) is 86.9 Å². The molecule has 60 heavy (non-hydrogen) atoms. The topological polar surface area (TPSA) is 263 Å². The molecule has 13 nitrogen and oxygen atoms in total. The van der Waals surface area contributed by atoms with Gasteiger partial charge >= 0.3 is 0 Å². The molecule has 0 spiro atoms. The van der Waals surface area contributed by atoms with E-state index in [1.807, 2.05) is 0 Å². The summed E-state index contributed by atoms with van der Waals surface area (Å²) in [5.74, 6) is -12.6. The van der Waals surface area contributed by atoms with Gasteiger partial charge in [-0.25, -0.2) is 0 Å². The fourth-order valence-corrected chi connectivity index (χ4v) is 8.89. The lowest BCUT2D eigenvalue weighted by atomic mass is 9.64. The van der Waals surface area contributed by atoms with Crippen molar-refractivity contribution < 1.29 is 66.4 Å². The van der Waals surface area contributed by atoms with Crippen LogP contribution in [-0.2, 0) is 0 Å². The number of hydrogen-bond donors (Lipinski definition) is 13. The monoisotopic (exact) mass is 780 g/mol. The molecule has 0 amide bonds. The Balaban J connectivity index is 1.49. The Morgan fingerprint density at radius 3 is 1.03 bits per heavy atom. The van der Waals surface area contributed by atoms with Crippen LogP contribution in [0.3, 0.4) is 0 Å². The van der Waals surface area contributed by atoms with Gasteiger partial charge in [0.15, 0.2) is 34.5 Å². The smallest absolute Gasteiger partial charge is 0.170 e. The molecular weight excluding hydrogens is 763 g/mol. The van der Waals surface area contributed by atoms with Gasteiger partial charge in [-0.3, -0.25) is 0 Å². The van der Waals surface area contributed by atoms with Crippen molar-refractivity contribution in [2.75, 3.05) is 0 Å². The zero-order valence-corrected chi connectivity index (χ0v) is 30.4. The fourth-order valence-electron chi connectivity index (χ4n) is 8.89. The summed E-state index contributed by atoms with van der Waals surface area (Å²) in [6.45, 7) is 1.40. The van der Waals surface area contributed by atoms with Gasteiger partial charge in [0, 0.05) is 48.8 Å². The van der Waals surface area contributed by atoms with E-state index >= 15 is 0 Å². The Hall–Kier alpha value is -7.02. The minimum atomic E-state index is -1.13. The summed E-state index contributed by atoms with van der Waals surface area (Å²) in [7, 11) is 51.0. The maximum Gasteiger partial charge on any atom is 0.170 e. The van der Waals surface area contributed by atoms with Crippen LogP contribution in [-0.4, -0.2) is 129 Å². The van der Waals surface area contributed by atoms with Crippen molar-refractivity contribution in [2.45, 2.75) is 6.92 Å². The number of phenolic OH excluding ortho intramolecular Hbond substituents is 13. The second kappa shape index (κ2) is 11.8. The molecule has 0 aliphatic carbocycles. The molecule has 13 N–H and O–H groups in total. The second-order valence-corrected chi connectivity index (χ2v) is 14.5. The largest absolute Gasteiger partial charge is 0.508 e. The van der Waals surface area contributed by atoms with E-state index in [0.29, 0.717) is 0 Å². The molecule has 21 heteroatoms. The highest BCUT2D eigenvalue weighted by molar-refractivity contribution is 6.61. The Bertz CT molecular complexity index is 3260. The lowest BCUT2D eigenvalue weighted by Crippen LogP contribution is -2.36. The number of phenols is 13. The van der Waals surface area contributed by atoms with Crippen LogP contribution in [0.15, 0.2) is 0 Å². The maximum atomic E-state index is 12.1. The molecule has 9 aromatic rings. The molecule has 0 bridgehead atoms. The van der Waals surface area contributed by atoms with Gasteiger partial charge in [0.1, 0.15) is 103 Å². The summed E-state index contributed by atoms with van der Waals surface area (Å²) in [6, 6.07) is 0. The molecule has 0 fully saturated rings. The standard InChI is InChI=1S/C39H16B8O13/c1-2-3-4-5-10(36(57)34(3)55)11(27(48)23(44)12(5)24(45)30(51)15(4)29(50)19(2)40)13-20(41)21(42)14(28(49)25(13)46)8-9-6-7-17(37(58)35(9)56)32(53)26(47)33(54)18(7)39(60)38(59)16(6)31(52)22(8)43/h48-60H,1H3. The van der Waals surface area contributed by atoms with Crippen LogP contribution in [0, 0.1) is 6.92 Å². The Labute approximate surface area is 345 Å². The molecule has 0 aliphatic rings. The number of benzene rings is 9. The van der Waals surface area contributed by atoms with Crippen molar-refractivity contribution in [3.05, 3.63) is 5.56 Å². The molecule has 0 atom stereocenters. The van der Waals surface area contributed by atoms with Crippen molar-refractivity contribution in [3.63, 3.8) is 0 Å². The van der Waals surface area contributed by atoms with Gasteiger partial charge in [0.05, 0.1) is 21.5 Å². The van der Waals surface area contributed by atoms with Crippen LogP contribution < -0.4 is 43.7 Å². The molecule has 0 aliphatic heterocycles. The highest BCUT2D eigenvalue weighted by atomic mass is 16.3. The molecule has 0 unspecified atom stereocenters. The third kappa shape index (κ3) is 4.07. The average molecular weight is 779 g/mol. The molecule has 0 aromatic heterocycles. The van der Waals surface area contributed by atoms with Crippen molar-refractivity contribution in [2.24, 2.45) is 0 Å². The van der Waals surface area contributed by atoms with Crippen LogP contribution in [0.1, 0.15) is 5.56 Å². The van der Waals surface area contributed by atoms with Gasteiger partial charge in [-0.1, -0.05) is 16.4 Å². The summed E-state index contributed by atoms with van der Waals surface area (Å²) in [5.41, 5.74) is -7.31. The number of hydrogen-bond acceptors (Lipinski definition) is 13. The van der Waals surface area contributed by atoms with Crippen LogP contribution in [0.2, 0.25) is 0 Å². The van der Waals surface area contributed by atoms with Gasteiger partial charge < -0.3 is 66.4 Å². The first-order valence-corrected chi connectivity index (χ1v) is 17.2. The molecule has 274 valence electrons. The van der Waals surface area contributed by atoms with E-state index < -0.39 is 173 Å². The van der Waals surface area contributed by atoms with Crippen molar-refractivity contribution in [1.82, 2.24) is 0 Å². The molecular formula is C39H16B8O13. The van der Waals surface area contributed by atoms with Gasteiger partial charge in [-0.2, -0.15) is 0 Å². The molecule has 0 saturated heterocycles. The number of aryl methyl sites for hydroxylation is 1. The van der Waals surface area contributed by atoms with E-state index in [9.17, 15) is 66.4 Å². The average Bonchev–Trinajstić information content (AvgIpc) is 3.20. The third-order valence-corrected chi connectivity index (χ3v) is 11.7. The molecule has 0 saturated carbocycles. The number of aromatic hydroxyl groups is 13. The first-order chi connectivity index (χ1) is 28.0. The van der Waals surface area contributed by atoms with Crippen molar-refractivity contribution >= 4 is 171 Å². The Morgan fingerprint density at radius 2 is 0.500 bits per heavy atom. The SMILES string of the molecule is [B]c1c([B])c(-c2c([B])c(O)c3c(O)c(O)c4c(O)c([B])c(O)c5c(O)c(O)c2c3c45)c(O)c([B])c1-c1c(O)c([B])c2c([B])c(O)c3c(O)c([B])c(C)c4c(O)c(O)c1c2c43. The molecule has 0 heterocycles. The summed E-state index contributed by atoms with van der Waals surface area (Å²) >= 11 is 0. The highest BCUT2D eigenvalue weighted by Crippen LogP contribution is 2.59. The summed E-state index contributed by atoms with van der Waals surface area (Å²) in [6.07, 6.45) is 0. The van der Waals surface area contributed by atoms with Crippen LogP contribution in [0.4, 0.5) is 0 Å². The van der Waals surface area contributed by atoms with E-state index in [4.69, 9.17) is 62.8 Å². The van der Waals surface area contributed by atoms with Gasteiger partial charge in [-0.15, -0.1) is 0 Å². The summed E-state index contributed by atoms with van der Waals surface area (Å²) in [5, 5.41) is 143. The minimum Gasteiger partial charge on any atom is -0.508 e. The zero-order chi connectivity index (χ0) is 43.9. The summed E-state index contributed by atoms with van der Waals surface area (Å²) < 4.78 is 0. The normalized spacial score (nSPS) is 12.2. The Morgan fingerprint density at radius 1 is 0.200 bits per heavy atom. The fraction of sp³-hybridized carbons (Fsp3) is 0.0256. The quantitative estimate of drug-likeness (QED) is 0.0499. The van der Waals surface area contributed by atoms with Gasteiger partial charge in [0.25, 0.3) is 0 Å². The van der Waals surface area contributed by atoms with E-state index in [1.165, 1.54) is 6.92 Å². The van der Waals surface area contributed by atoms with E-state index in [2.05, 4.69) is 0 Å². The van der Waals surface area contributed by atoms with Crippen LogP contribution in [0.5, 0.6) is 74.7 Å². The number of rotatable bonds is 2. The van der Waals surface area contributed by atoms with Gasteiger partial charge in [-0.05, 0) is 56.3 Å². The predicted molar refractivity (Wildman–Crippen MR) is 234 cm³/mol. The Kier molecular flexibility index (Phi) is 7.57. The van der Waals surface area contributed by atoms with Crippen molar-refractivity contribution in [3.8, 4) is 97.0 Å². The van der Waals surface area contributed by atoms with E-state index in [1.54, 1.807) is 0 Å². The maximum absolute atomic E-state index is 12.1. The lowest BCUT2D eigenvalue weighted by molar-refractivity contribution is 0.405. The highest BCUT2D eigenvalue weighted by Gasteiger charge is 2.36. The first-order valence-electron chi connectivity index (χ1n) is 17.2. The second-order valence-electron chi connectivity index (χ2n) is 14.5. The van der Waals surface area contributed by atoms with E-state index in [0.717, 1.165) is 0 Å². The van der Waals surface area contributed by atoms with Crippen molar-refractivity contribution in [1.29, 1.82) is 0 Å². The molecule has 16 radical (unpaired) electrons. The van der Waals surface area contributed by atoms with Gasteiger partial charge in [0.2, 0.25) is 0 Å². The predicted octanol–water partition coefficient (Wildman–Crippen LogP) is -2.35. The first kappa shape index (κ1) is 38.5. The van der Waals surface area contributed by atoms with E-state index in [-0.39, 0.29) is 38.0 Å². The van der Waals surface area contributed by atoms with Crippen LogP contribution >= 0.6 is 0 Å². The third-order valence-electron chi connectivity index (χ3n) is 11.7. The summed E-state index contributed by atoms with van der Waals surface area (Å²) in [4.78, 5) is 0. The zero-order valence-electron chi connectivity index (χ0n) is 30.4. The lowest BCUT2D eigenvalue weighted by Gasteiger charge is -2.28. The minimum absolute atomic E-state index is 0.0551.